The Kier molecular flexibility index (Phi) is 3.94. The second kappa shape index (κ2) is 5.46. The van der Waals surface area contributed by atoms with Crippen LogP contribution < -0.4 is 4.72 Å². The Labute approximate surface area is 107 Å². The normalized spacial score (nSPS) is 16.6. The van der Waals surface area contributed by atoms with Gasteiger partial charge in [0.25, 0.3) is 0 Å². The summed E-state index contributed by atoms with van der Waals surface area (Å²) in [7, 11) is -3.63. The third-order valence-electron chi connectivity index (χ3n) is 3.20. The summed E-state index contributed by atoms with van der Waals surface area (Å²) in [5.74, 6) is 0.419. The van der Waals surface area contributed by atoms with Gasteiger partial charge in [-0.05, 0) is 30.9 Å². The maximum atomic E-state index is 12.1. The van der Waals surface area contributed by atoms with Gasteiger partial charge in [-0.3, -0.25) is 0 Å². The Morgan fingerprint density at radius 3 is 2.83 bits per heavy atom. The van der Waals surface area contributed by atoms with E-state index in [2.05, 4.69) is 9.71 Å². The largest absolute Gasteiger partial charge is 0.244 e. The van der Waals surface area contributed by atoms with Crippen LogP contribution in [0, 0.1) is 17.2 Å². The molecule has 18 heavy (non-hydrogen) atoms. The van der Waals surface area contributed by atoms with Crippen molar-refractivity contribution >= 4 is 10.0 Å². The molecule has 1 saturated carbocycles. The number of nitrogens with zero attached hydrogens (tertiary/aromatic N) is 2. The molecule has 0 unspecified atom stereocenters. The summed E-state index contributed by atoms with van der Waals surface area (Å²) in [6.45, 7) is 0.447. The molecule has 6 heteroatoms. The van der Waals surface area contributed by atoms with Gasteiger partial charge < -0.3 is 0 Å². The van der Waals surface area contributed by atoms with Crippen LogP contribution in [-0.4, -0.2) is 19.9 Å². The van der Waals surface area contributed by atoms with Gasteiger partial charge in [-0.2, -0.15) is 5.26 Å². The minimum atomic E-state index is -3.63. The Bertz CT molecular complexity index is 557. The fourth-order valence-electron chi connectivity index (χ4n) is 2.21. The van der Waals surface area contributed by atoms with E-state index in [0.717, 1.165) is 12.8 Å². The van der Waals surface area contributed by atoms with Crippen LogP contribution in [0.15, 0.2) is 23.2 Å². The Morgan fingerprint density at radius 1 is 1.44 bits per heavy atom. The Hall–Kier alpha value is -1.45. The molecule has 1 N–H and O–H groups in total. The van der Waals surface area contributed by atoms with Crippen LogP contribution in [0.5, 0.6) is 0 Å². The molecule has 0 aliphatic heterocycles. The summed E-state index contributed by atoms with van der Waals surface area (Å²) < 4.78 is 26.7. The third-order valence-corrected chi connectivity index (χ3v) is 4.66. The van der Waals surface area contributed by atoms with Crippen LogP contribution in [0.1, 0.15) is 31.4 Å². The molecule has 1 aromatic rings. The highest BCUT2D eigenvalue weighted by atomic mass is 32.2. The summed E-state index contributed by atoms with van der Waals surface area (Å²) in [5.41, 5.74) is -0.0589. The van der Waals surface area contributed by atoms with Gasteiger partial charge >= 0.3 is 0 Å². The van der Waals surface area contributed by atoms with Crippen LogP contribution in [0.3, 0.4) is 0 Å². The summed E-state index contributed by atoms with van der Waals surface area (Å²) >= 11 is 0. The highest BCUT2D eigenvalue weighted by Crippen LogP contribution is 2.24. The summed E-state index contributed by atoms with van der Waals surface area (Å²) in [5, 5.41) is 8.86. The van der Waals surface area contributed by atoms with Gasteiger partial charge in [-0.15, -0.1) is 0 Å². The zero-order valence-electron chi connectivity index (χ0n) is 9.96. The van der Waals surface area contributed by atoms with Crippen LogP contribution >= 0.6 is 0 Å². The van der Waals surface area contributed by atoms with Crippen molar-refractivity contribution in [2.75, 3.05) is 6.54 Å². The first-order chi connectivity index (χ1) is 8.63. The predicted octanol–water partition coefficient (Wildman–Crippen LogP) is 1.42. The van der Waals surface area contributed by atoms with Gasteiger partial charge in [0.1, 0.15) is 11.0 Å². The lowest BCUT2D eigenvalue weighted by Crippen LogP contribution is -2.29. The SMILES string of the molecule is N#Cc1ncccc1S(=O)(=O)NCC1CCCC1. The molecule has 0 bridgehead atoms. The van der Waals surface area contributed by atoms with Crippen molar-refractivity contribution in [3.63, 3.8) is 0 Å². The molecule has 1 aliphatic carbocycles. The number of aromatic nitrogens is 1. The smallest absolute Gasteiger partial charge is 0.243 e. The van der Waals surface area contributed by atoms with Crippen LogP contribution in [0.4, 0.5) is 0 Å². The van der Waals surface area contributed by atoms with Gasteiger partial charge in [-0.1, -0.05) is 12.8 Å². The van der Waals surface area contributed by atoms with E-state index in [1.54, 1.807) is 6.07 Å². The lowest BCUT2D eigenvalue weighted by atomic mass is 10.1. The van der Waals surface area contributed by atoms with E-state index in [4.69, 9.17) is 5.26 Å². The topological polar surface area (TPSA) is 82.8 Å². The van der Waals surface area contributed by atoms with E-state index in [9.17, 15) is 8.42 Å². The number of hydrogen-bond acceptors (Lipinski definition) is 4. The molecule has 0 spiro atoms. The van der Waals surface area contributed by atoms with E-state index in [0.29, 0.717) is 12.5 Å². The maximum absolute atomic E-state index is 12.1. The fourth-order valence-corrected chi connectivity index (χ4v) is 3.43. The molecule has 0 aromatic carbocycles. The van der Waals surface area contributed by atoms with Gasteiger partial charge in [0.05, 0.1) is 0 Å². The first-order valence-electron chi connectivity index (χ1n) is 5.98. The fraction of sp³-hybridized carbons (Fsp3) is 0.500. The summed E-state index contributed by atoms with van der Waals surface area (Å²) in [6.07, 6.45) is 5.89. The van der Waals surface area contributed by atoms with Gasteiger partial charge in [0.2, 0.25) is 10.0 Å². The molecular formula is C12H15N3O2S. The number of pyridine rings is 1. The first kappa shape index (κ1) is 13.0. The number of nitrogens with one attached hydrogen (secondary N) is 1. The van der Waals surface area contributed by atoms with Crippen molar-refractivity contribution in [1.29, 1.82) is 5.26 Å². The van der Waals surface area contributed by atoms with Crippen molar-refractivity contribution in [3.05, 3.63) is 24.0 Å². The monoisotopic (exact) mass is 265 g/mol. The zero-order chi connectivity index (χ0) is 13.0. The molecule has 0 saturated heterocycles. The molecule has 0 radical (unpaired) electrons. The van der Waals surface area contributed by atoms with Crippen LogP contribution in [0.25, 0.3) is 0 Å². The molecule has 1 aromatic heterocycles. The highest BCUT2D eigenvalue weighted by Gasteiger charge is 2.22. The molecule has 2 rings (SSSR count). The van der Waals surface area contributed by atoms with Crippen molar-refractivity contribution < 1.29 is 8.42 Å². The molecular weight excluding hydrogens is 250 g/mol. The second-order valence-corrected chi connectivity index (χ2v) is 6.20. The van der Waals surface area contributed by atoms with Gasteiger partial charge in [-0.25, -0.2) is 18.1 Å². The van der Waals surface area contributed by atoms with Crippen molar-refractivity contribution in [3.8, 4) is 6.07 Å². The van der Waals surface area contributed by atoms with Crippen molar-refractivity contribution in [1.82, 2.24) is 9.71 Å². The molecule has 1 fully saturated rings. The highest BCUT2D eigenvalue weighted by molar-refractivity contribution is 7.89. The Morgan fingerprint density at radius 2 is 2.17 bits per heavy atom. The van der Waals surface area contributed by atoms with Gasteiger partial charge in [0.15, 0.2) is 5.69 Å². The van der Waals surface area contributed by atoms with E-state index in [1.165, 1.54) is 31.2 Å². The minimum Gasteiger partial charge on any atom is -0.244 e. The lowest BCUT2D eigenvalue weighted by Gasteiger charge is -2.11. The number of rotatable bonds is 4. The molecule has 1 aliphatic rings. The van der Waals surface area contributed by atoms with Crippen LogP contribution in [-0.2, 0) is 10.0 Å². The average Bonchev–Trinajstić information content (AvgIpc) is 2.89. The first-order valence-corrected chi connectivity index (χ1v) is 7.46. The van der Waals surface area contributed by atoms with E-state index >= 15 is 0 Å². The zero-order valence-corrected chi connectivity index (χ0v) is 10.8. The number of hydrogen-bond donors (Lipinski definition) is 1. The molecule has 0 amide bonds. The number of nitriles is 1. The summed E-state index contributed by atoms with van der Waals surface area (Å²) in [6, 6.07) is 4.72. The minimum absolute atomic E-state index is 0.0366. The Balaban J connectivity index is 2.12. The molecule has 0 atom stereocenters. The second-order valence-electron chi connectivity index (χ2n) is 4.46. The summed E-state index contributed by atoms with van der Waals surface area (Å²) in [4.78, 5) is 3.73. The van der Waals surface area contributed by atoms with Crippen molar-refractivity contribution in [2.45, 2.75) is 30.6 Å². The molecule has 1 heterocycles. The molecule has 96 valence electrons. The van der Waals surface area contributed by atoms with E-state index in [1.807, 2.05) is 0 Å². The van der Waals surface area contributed by atoms with Crippen LogP contribution in [0.2, 0.25) is 0 Å². The number of sulfonamides is 1. The standard InChI is InChI=1S/C12H15N3O2S/c13-8-11-12(6-3-7-14-11)18(16,17)15-9-10-4-1-2-5-10/h3,6-7,10,15H,1-2,4-5,9H2. The third kappa shape index (κ3) is 2.86. The maximum Gasteiger partial charge on any atom is 0.243 e. The van der Waals surface area contributed by atoms with E-state index in [-0.39, 0.29) is 10.6 Å². The van der Waals surface area contributed by atoms with E-state index < -0.39 is 10.0 Å². The molecule has 5 nitrogen and oxygen atoms in total. The lowest BCUT2D eigenvalue weighted by molar-refractivity contribution is 0.519. The van der Waals surface area contributed by atoms with Gasteiger partial charge in [0, 0.05) is 12.7 Å². The average molecular weight is 265 g/mol. The quantitative estimate of drug-likeness (QED) is 0.892. The predicted molar refractivity (Wildman–Crippen MR) is 66.1 cm³/mol. The van der Waals surface area contributed by atoms with Crippen molar-refractivity contribution in [2.24, 2.45) is 5.92 Å².